The third-order valence-corrected chi connectivity index (χ3v) is 6.75. The van der Waals surface area contributed by atoms with Crippen LogP contribution in [0.4, 0.5) is 11.4 Å². The van der Waals surface area contributed by atoms with Crippen molar-refractivity contribution in [2.75, 3.05) is 10.6 Å². The number of anilines is 2. The van der Waals surface area contributed by atoms with Crippen LogP contribution in [-0.2, 0) is 12.8 Å². The molecule has 0 unspecified atom stereocenters. The number of nitrogens with one attached hydrogen (secondary N) is 2. The van der Waals surface area contributed by atoms with Crippen molar-refractivity contribution in [1.29, 1.82) is 0 Å². The second-order valence-corrected chi connectivity index (χ2v) is 9.70. The monoisotopic (exact) mass is 516 g/mol. The lowest BCUT2D eigenvalue weighted by Crippen LogP contribution is -2.17. The van der Waals surface area contributed by atoms with Crippen molar-refractivity contribution in [3.05, 3.63) is 82.9 Å². The van der Waals surface area contributed by atoms with Gasteiger partial charge in [-0.3, -0.25) is 9.59 Å². The summed E-state index contributed by atoms with van der Waals surface area (Å²) in [7, 11) is 0. The number of carbonyl (C=O) groups is 2. The standard InChI is InChI=1S/C32H40N2O4/c1-3-5-7-9-15-23-17-13-19-25(29(23)35)31(37)33-27-21-11-12-22-28(27)34-32(38)26-20-14-18-24(30(26)36)16-10-8-6-4-2/h11-14,17-22,35-36H,3-10,15-16H2,1-2H3,(H,33,37)(H,34,38). The number of phenolic OH excluding ortho intramolecular Hbond substituents is 2. The van der Waals surface area contributed by atoms with Crippen LogP contribution in [0.15, 0.2) is 60.7 Å². The van der Waals surface area contributed by atoms with Gasteiger partial charge in [0.15, 0.2) is 0 Å². The molecule has 202 valence electrons. The zero-order valence-corrected chi connectivity index (χ0v) is 22.6. The molecular formula is C32H40N2O4. The summed E-state index contributed by atoms with van der Waals surface area (Å²) in [5.74, 6) is -0.944. The van der Waals surface area contributed by atoms with Crippen molar-refractivity contribution in [2.24, 2.45) is 0 Å². The second kappa shape index (κ2) is 14.8. The number of benzene rings is 3. The third kappa shape index (κ3) is 7.85. The summed E-state index contributed by atoms with van der Waals surface area (Å²) in [6, 6.07) is 17.3. The second-order valence-electron chi connectivity index (χ2n) is 9.70. The topological polar surface area (TPSA) is 98.7 Å². The van der Waals surface area contributed by atoms with Gasteiger partial charge >= 0.3 is 0 Å². The van der Waals surface area contributed by atoms with Gasteiger partial charge in [0.25, 0.3) is 11.8 Å². The molecule has 6 heteroatoms. The number of phenols is 2. The number of hydrogen-bond acceptors (Lipinski definition) is 4. The van der Waals surface area contributed by atoms with E-state index in [0.29, 0.717) is 24.2 Å². The number of unbranched alkanes of at least 4 members (excludes halogenated alkanes) is 6. The van der Waals surface area contributed by atoms with Crippen LogP contribution in [0.3, 0.4) is 0 Å². The van der Waals surface area contributed by atoms with Gasteiger partial charge in [-0.15, -0.1) is 0 Å². The molecule has 3 aromatic rings. The molecule has 0 radical (unpaired) electrons. The van der Waals surface area contributed by atoms with Crippen LogP contribution in [0, 0.1) is 0 Å². The number of aromatic hydroxyl groups is 2. The lowest BCUT2D eigenvalue weighted by atomic mass is 10.0. The number of rotatable bonds is 14. The van der Waals surface area contributed by atoms with Crippen LogP contribution in [0.5, 0.6) is 11.5 Å². The molecule has 0 aliphatic rings. The van der Waals surface area contributed by atoms with E-state index >= 15 is 0 Å². The molecule has 6 nitrogen and oxygen atoms in total. The van der Waals surface area contributed by atoms with Crippen LogP contribution in [0.2, 0.25) is 0 Å². The molecule has 0 saturated heterocycles. The van der Waals surface area contributed by atoms with Crippen molar-refractivity contribution in [2.45, 2.75) is 78.1 Å². The highest BCUT2D eigenvalue weighted by Gasteiger charge is 2.18. The molecule has 38 heavy (non-hydrogen) atoms. The minimum atomic E-state index is -0.462. The highest BCUT2D eigenvalue weighted by molar-refractivity contribution is 6.11. The summed E-state index contributed by atoms with van der Waals surface area (Å²) in [4.78, 5) is 26.2. The summed E-state index contributed by atoms with van der Waals surface area (Å²) in [6.07, 6.45) is 10.0. The molecule has 0 aliphatic heterocycles. The Labute approximate surface area is 226 Å². The number of aryl methyl sites for hydroxylation is 2. The van der Waals surface area contributed by atoms with E-state index in [1.165, 1.54) is 0 Å². The molecule has 3 aromatic carbocycles. The lowest BCUT2D eigenvalue weighted by molar-refractivity contribution is 0.101. The van der Waals surface area contributed by atoms with E-state index in [1.54, 1.807) is 48.5 Å². The zero-order valence-electron chi connectivity index (χ0n) is 22.6. The Morgan fingerprint density at radius 3 is 1.39 bits per heavy atom. The van der Waals surface area contributed by atoms with E-state index in [9.17, 15) is 19.8 Å². The van der Waals surface area contributed by atoms with Gasteiger partial charge in [-0.1, -0.05) is 88.8 Å². The molecule has 4 N–H and O–H groups in total. The normalized spacial score (nSPS) is 10.8. The molecule has 0 fully saturated rings. The maximum absolute atomic E-state index is 13.1. The van der Waals surface area contributed by atoms with Gasteiger partial charge in [0.2, 0.25) is 0 Å². The first-order valence-electron chi connectivity index (χ1n) is 13.8. The number of carbonyl (C=O) groups excluding carboxylic acids is 2. The van der Waals surface area contributed by atoms with Crippen molar-refractivity contribution in [3.8, 4) is 11.5 Å². The van der Waals surface area contributed by atoms with Crippen molar-refractivity contribution in [1.82, 2.24) is 0 Å². The summed E-state index contributed by atoms with van der Waals surface area (Å²) < 4.78 is 0. The van der Waals surface area contributed by atoms with Gasteiger partial charge in [-0.25, -0.2) is 0 Å². The van der Waals surface area contributed by atoms with E-state index in [1.807, 2.05) is 12.1 Å². The van der Waals surface area contributed by atoms with Crippen LogP contribution in [0.1, 0.15) is 97.1 Å². The molecule has 0 spiro atoms. The van der Waals surface area contributed by atoms with Crippen molar-refractivity contribution < 1.29 is 19.8 Å². The van der Waals surface area contributed by atoms with E-state index in [0.717, 1.165) is 62.5 Å². The first-order chi connectivity index (χ1) is 18.5. The largest absolute Gasteiger partial charge is 0.507 e. The van der Waals surface area contributed by atoms with Crippen LogP contribution in [0.25, 0.3) is 0 Å². The van der Waals surface area contributed by atoms with Crippen LogP contribution in [-0.4, -0.2) is 22.0 Å². The van der Waals surface area contributed by atoms with E-state index in [4.69, 9.17) is 0 Å². The Hall–Kier alpha value is -3.80. The summed E-state index contributed by atoms with van der Waals surface area (Å²) in [5, 5.41) is 27.1. The Bertz CT molecular complexity index is 1130. The summed E-state index contributed by atoms with van der Waals surface area (Å²) in [5.41, 5.74) is 2.67. The van der Waals surface area contributed by atoms with Gasteiger partial charge in [0.05, 0.1) is 22.5 Å². The predicted molar refractivity (Wildman–Crippen MR) is 154 cm³/mol. The highest BCUT2D eigenvalue weighted by atomic mass is 16.3. The highest BCUT2D eigenvalue weighted by Crippen LogP contribution is 2.29. The molecule has 0 aromatic heterocycles. The fourth-order valence-electron chi connectivity index (χ4n) is 4.52. The van der Waals surface area contributed by atoms with Gasteiger partial charge in [0.1, 0.15) is 11.5 Å². The quantitative estimate of drug-likeness (QED) is 0.164. The first kappa shape index (κ1) is 28.8. The Kier molecular flexibility index (Phi) is 11.2. The average molecular weight is 517 g/mol. The van der Waals surface area contributed by atoms with Gasteiger partial charge in [-0.05, 0) is 61.1 Å². The Morgan fingerprint density at radius 1 is 0.579 bits per heavy atom. The molecule has 0 atom stereocenters. The molecule has 0 heterocycles. The van der Waals surface area contributed by atoms with Gasteiger partial charge in [0, 0.05) is 0 Å². The Balaban J connectivity index is 1.72. The number of amides is 2. The summed E-state index contributed by atoms with van der Waals surface area (Å²) >= 11 is 0. The van der Waals surface area contributed by atoms with Gasteiger partial charge in [-0.2, -0.15) is 0 Å². The first-order valence-corrected chi connectivity index (χ1v) is 13.8. The molecule has 2 amide bonds. The maximum atomic E-state index is 13.1. The van der Waals surface area contributed by atoms with Crippen molar-refractivity contribution in [3.63, 3.8) is 0 Å². The van der Waals surface area contributed by atoms with Crippen molar-refractivity contribution >= 4 is 23.2 Å². The van der Waals surface area contributed by atoms with E-state index in [-0.39, 0.29) is 22.6 Å². The molecule has 0 bridgehead atoms. The number of hydrogen-bond donors (Lipinski definition) is 4. The fourth-order valence-corrected chi connectivity index (χ4v) is 4.52. The number of para-hydroxylation sites is 4. The molecule has 0 aliphatic carbocycles. The molecule has 0 saturated carbocycles. The molecule has 3 rings (SSSR count). The predicted octanol–water partition coefficient (Wildman–Crippen LogP) is 7.85. The maximum Gasteiger partial charge on any atom is 0.259 e. The molecular weight excluding hydrogens is 476 g/mol. The fraction of sp³-hybridized carbons (Fsp3) is 0.375. The van der Waals surface area contributed by atoms with E-state index < -0.39 is 11.8 Å². The average Bonchev–Trinajstić information content (AvgIpc) is 2.91. The third-order valence-electron chi connectivity index (χ3n) is 6.75. The minimum absolute atomic E-state index is 0.0105. The van der Waals surface area contributed by atoms with Crippen LogP contribution < -0.4 is 10.6 Å². The van der Waals surface area contributed by atoms with Crippen LogP contribution >= 0.6 is 0 Å². The van der Waals surface area contributed by atoms with Gasteiger partial charge < -0.3 is 20.8 Å². The van der Waals surface area contributed by atoms with E-state index in [2.05, 4.69) is 24.5 Å². The zero-order chi connectivity index (χ0) is 27.3. The lowest BCUT2D eigenvalue weighted by Gasteiger charge is -2.15. The Morgan fingerprint density at radius 2 is 1.00 bits per heavy atom. The SMILES string of the molecule is CCCCCCc1cccc(C(=O)Nc2ccccc2NC(=O)c2cccc(CCCCCC)c2O)c1O. The minimum Gasteiger partial charge on any atom is -0.507 e. The smallest absolute Gasteiger partial charge is 0.259 e. The summed E-state index contributed by atoms with van der Waals surface area (Å²) in [6.45, 7) is 4.30.